The summed E-state index contributed by atoms with van der Waals surface area (Å²) in [6, 6.07) is 10.6. The molecule has 9 heteroatoms. The van der Waals surface area contributed by atoms with Gasteiger partial charge >= 0.3 is 0 Å². The number of carbonyl (C=O) groups excluding carboxylic acids is 1. The van der Waals surface area contributed by atoms with Crippen LogP contribution in [0.15, 0.2) is 47.4 Å². The van der Waals surface area contributed by atoms with Gasteiger partial charge in [0.25, 0.3) is 0 Å². The van der Waals surface area contributed by atoms with Gasteiger partial charge in [-0.15, -0.1) is 0 Å². The summed E-state index contributed by atoms with van der Waals surface area (Å²) in [5.41, 5.74) is 1.99. The quantitative estimate of drug-likeness (QED) is 0.452. The summed E-state index contributed by atoms with van der Waals surface area (Å²) in [5.74, 6) is -1.15. The number of anilines is 1. The summed E-state index contributed by atoms with van der Waals surface area (Å²) in [6.45, 7) is 3.08. The SMILES string of the molecule is CCc1cccc2sc(N(CCN(C)C)C(=O)CCS(=O)(=O)c3ccc(F)cc3)nc12. The Balaban J connectivity index is 1.83. The van der Waals surface area contributed by atoms with Gasteiger partial charge in [-0.05, 0) is 56.4 Å². The summed E-state index contributed by atoms with van der Waals surface area (Å²) in [6.07, 6.45) is 0.659. The van der Waals surface area contributed by atoms with Crippen LogP contribution < -0.4 is 4.90 Å². The molecule has 1 aromatic heterocycles. The summed E-state index contributed by atoms with van der Waals surface area (Å²) < 4.78 is 39.3. The number of aromatic nitrogens is 1. The van der Waals surface area contributed by atoms with Crippen LogP contribution in [0.25, 0.3) is 10.2 Å². The zero-order valence-electron chi connectivity index (χ0n) is 17.8. The molecule has 0 spiro atoms. The number of fused-ring (bicyclic) bond motifs is 1. The van der Waals surface area contributed by atoms with E-state index in [0.717, 1.165) is 34.3 Å². The van der Waals surface area contributed by atoms with Crippen molar-refractivity contribution in [3.63, 3.8) is 0 Å². The average molecular weight is 464 g/mol. The number of thiazole rings is 1. The van der Waals surface area contributed by atoms with Crippen LogP contribution in [0, 0.1) is 5.82 Å². The molecule has 0 N–H and O–H groups in total. The van der Waals surface area contributed by atoms with Gasteiger partial charge < -0.3 is 4.90 Å². The predicted octanol–water partition coefficient (Wildman–Crippen LogP) is 3.76. The fraction of sp³-hybridized carbons (Fsp3) is 0.364. The third-order valence-corrected chi connectivity index (χ3v) is 7.71. The highest BCUT2D eigenvalue weighted by Crippen LogP contribution is 2.31. The molecular formula is C22H26FN3O3S2. The molecule has 0 aliphatic rings. The van der Waals surface area contributed by atoms with Gasteiger partial charge in [-0.1, -0.05) is 30.4 Å². The van der Waals surface area contributed by atoms with Crippen molar-refractivity contribution < 1.29 is 17.6 Å². The lowest BCUT2D eigenvalue weighted by molar-refractivity contribution is -0.118. The molecule has 0 unspecified atom stereocenters. The standard InChI is InChI=1S/C22H26FN3O3S2/c1-4-16-6-5-7-19-21(16)24-22(30-19)26(14-13-25(2)3)20(27)12-15-31(28,29)18-10-8-17(23)9-11-18/h5-11H,4,12-15H2,1-3H3. The molecule has 3 aromatic rings. The Bertz CT molecular complexity index is 1160. The molecule has 0 fully saturated rings. The van der Waals surface area contributed by atoms with Gasteiger partial charge in [0.15, 0.2) is 15.0 Å². The first kappa shape index (κ1) is 23.3. The van der Waals surface area contributed by atoms with Gasteiger partial charge in [0, 0.05) is 19.5 Å². The molecule has 1 amide bonds. The number of benzene rings is 2. The number of nitrogens with zero attached hydrogens (tertiary/aromatic N) is 3. The zero-order chi connectivity index (χ0) is 22.6. The predicted molar refractivity (Wildman–Crippen MR) is 123 cm³/mol. The second-order valence-electron chi connectivity index (χ2n) is 7.49. The number of para-hydroxylation sites is 1. The Morgan fingerprint density at radius 1 is 1.10 bits per heavy atom. The Labute approximate surface area is 186 Å². The maximum absolute atomic E-state index is 13.1. The number of carbonyl (C=O) groups is 1. The molecule has 1 heterocycles. The molecule has 0 bridgehead atoms. The minimum Gasteiger partial charge on any atom is -0.308 e. The van der Waals surface area contributed by atoms with E-state index in [4.69, 9.17) is 4.98 Å². The van der Waals surface area contributed by atoms with Gasteiger partial charge in [-0.3, -0.25) is 9.69 Å². The summed E-state index contributed by atoms with van der Waals surface area (Å²) in [4.78, 5) is 21.3. The van der Waals surface area contributed by atoms with Crippen molar-refractivity contribution in [1.29, 1.82) is 0 Å². The molecule has 2 aromatic carbocycles. The number of hydrogen-bond acceptors (Lipinski definition) is 6. The molecule has 0 saturated heterocycles. The number of rotatable bonds is 9. The first-order valence-electron chi connectivity index (χ1n) is 10.0. The first-order valence-corrected chi connectivity index (χ1v) is 12.5. The molecule has 6 nitrogen and oxygen atoms in total. The summed E-state index contributed by atoms with van der Waals surface area (Å²) in [7, 11) is 0.128. The Morgan fingerprint density at radius 3 is 2.45 bits per heavy atom. The Morgan fingerprint density at radius 2 is 1.81 bits per heavy atom. The van der Waals surface area contributed by atoms with Gasteiger partial charge in [0.1, 0.15) is 5.82 Å². The van der Waals surface area contributed by atoms with Crippen molar-refractivity contribution in [3.8, 4) is 0 Å². The van der Waals surface area contributed by atoms with Gasteiger partial charge in [0.2, 0.25) is 5.91 Å². The monoisotopic (exact) mass is 463 g/mol. The number of halogens is 1. The minimum absolute atomic E-state index is 0.00844. The number of amides is 1. The highest BCUT2D eigenvalue weighted by atomic mass is 32.2. The molecule has 0 radical (unpaired) electrons. The van der Waals surface area contributed by atoms with Crippen LogP contribution in [0.1, 0.15) is 18.9 Å². The van der Waals surface area contributed by atoms with Crippen molar-refractivity contribution in [1.82, 2.24) is 9.88 Å². The first-order chi connectivity index (χ1) is 14.7. The van der Waals surface area contributed by atoms with E-state index in [0.29, 0.717) is 18.2 Å². The lowest BCUT2D eigenvalue weighted by Gasteiger charge is -2.22. The maximum atomic E-state index is 13.1. The summed E-state index contributed by atoms with van der Waals surface area (Å²) in [5, 5.41) is 0.571. The van der Waals surface area contributed by atoms with Crippen molar-refractivity contribution in [2.45, 2.75) is 24.7 Å². The van der Waals surface area contributed by atoms with E-state index in [1.54, 1.807) is 4.90 Å². The van der Waals surface area contributed by atoms with Crippen molar-refractivity contribution >= 4 is 42.4 Å². The largest absolute Gasteiger partial charge is 0.308 e. The Kier molecular flexibility index (Phi) is 7.40. The van der Waals surface area contributed by atoms with E-state index >= 15 is 0 Å². The number of aryl methyl sites for hydroxylation is 1. The number of likely N-dealkylation sites (N-methyl/N-ethyl adjacent to an activating group) is 1. The zero-order valence-corrected chi connectivity index (χ0v) is 19.5. The molecule has 0 aliphatic heterocycles. The van der Waals surface area contributed by atoms with E-state index in [9.17, 15) is 17.6 Å². The minimum atomic E-state index is -3.70. The molecule has 0 saturated carbocycles. The van der Waals surface area contributed by atoms with Crippen LogP contribution >= 0.6 is 11.3 Å². The van der Waals surface area contributed by atoms with Gasteiger partial charge in [-0.2, -0.15) is 0 Å². The third-order valence-electron chi connectivity index (χ3n) is 4.93. The lowest BCUT2D eigenvalue weighted by atomic mass is 10.1. The highest BCUT2D eigenvalue weighted by Gasteiger charge is 2.23. The van der Waals surface area contributed by atoms with Gasteiger partial charge in [-0.25, -0.2) is 17.8 Å². The van der Waals surface area contributed by atoms with E-state index < -0.39 is 15.7 Å². The van der Waals surface area contributed by atoms with Crippen molar-refractivity contribution in [3.05, 3.63) is 53.8 Å². The fourth-order valence-electron chi connectivity index (χ4n) is 3.14. The van der Waals surface area contributed by atoms with E-state index in [1.807, 2.05) is 37.2 Å². The van der Waals surface area contributed by atoms with Crippen LogP contribution in [-0.2, 0) is 21.1 Å². The Hall–Kier alpha value is -2.36. The van der Waals surface area contributed by atoms with E-state index in [1.165, 1.54) is 23.5 Å². The topological polar surface area (TPSA) is 70.6 Å². The van der Waals surface area contributed by atoms with Crippen LogP contribution in [0.4, 0.5) is 9.52 Å². The van der Waals surface area contributed by atoms with Crippen LogP contribution in [-0.4, -0.2) is 57.1 Å². The van der Waals surface area contributed by atoms with Crippen molar-refractivity contribution in [2.24, 2.45) is 0 Å². The number of sulfone groups is 1. The molecule has 3 rings (SSSR count). The molecule has 31 heavy (non-hydrogen) atoms. The van der Waals surface area contributed by atoms with E-state index in [-0.39, 0.29) is 23.0 Å². The molecule has 166 valence electrons. The average Bonchev–Trinajstić information content (AvgIpc) is 3.16. The van der Waals surface area contributed by atoms with Crippen LogP contribution in [0.3, 0.4) is 0 Å². The highest BCUT2D eigenvalue weighted by molar-refractivity contribution is 7.91. The van der Waals surface area contributed by atoms with Crippen molar-refractivity contribution in [2.75, 3.05) is 37.8 Å². The third kappa shape index (κ3) is 5.66. The smallest absolute Gasteiger partial charge is 0.229 e. The second-order valence-corrected chi connectivity index (χ2v) is 10.6. The van der Waals surface area contributed by atoms with E-state index in [2.05, 4.69) is 6.92 Å². The fourth-order valence-corrected chi connectivity index (χ4v) is 5.42. The lowest BCUT2D eigenvalue weighted by Crippen LogP contribution is -2.37. The van der Waals surface area contributed by atoms with Crippen LogP contribution in [0.2, 0.25) is 0 Å². The molecule has 0 aliphatic carbocycles. The normalized spacial score (nSPS) is 11.9. The molecule has 0 atom stereocenters. The summed E-state index contributed by atoms with van der Waals surface area (Å²) >= 11 is 1.43. The second kappa shape index (κ2) is 9.84. The van der Waals surface area contributed by atoms with Crippen LogP contribution in [0.5, 0.6) is 0 Å². The van der Waals surface area contributed by atoms with Gasteiger partial charge in [0.05, 0.1) is 20.9 Å². The maximum Gasteiger partial charge on any atom is 0.229 e. The number of hydrogen-bond donors (Lipinski definition) is 0. The molecular weight excluding hydrogens is 437 g/mol.